The second kappa shape index (κ2) is 5.74. The van der Waals surface area contributed by atoms with E-state index in [9.17, 15) is 8.42 Å². The zero-order valence-corrected chi connectivity index (χ0v) is 14.4. The minimum Gasteiger partial charge on any atom is -0.200 e. The van der Waals surface area contributed by atoms with E-state index in [-0.39, 0.29) is 10.8 Å². The van der Waals surface area contributed by atoms with E-state index < -0.39 is 10.0 Å². The second-order valence-electron chi connectivity index (χ2n) is 6.67. The number of benzene rings is 2. The van der Waals surface area contributed by atoms with Crippen molar-refractivity contribution >= 4 is 15.7 Å². The molecule has 0 saturated heterocycles. The highest BCUT2D eigenvalue weighted by Gasteiger charge is 2.37. The molecule has 3 aliphatic carbocycles. The summed E-state index contributed by atoms with van der Waals surface area (Å²) in [6.07, 6.45) is 3.05. The molecule has 2 aromatic carbocycles. The third kappa shape index (κ3) is 2.63. The van der Waals surface area contributed by atoms with Gasteiger partial charge < -0.3 is 0 Å². The topological polar surface area (TPSA) is 58.5 Å². The van der Waals surface area contributed by atoms with Gasteiger partial charge in [0.05, 0.1) is 4.90 Å². The van der Waals surface area contributed by atoms with Crippen molar-refractivity contribution in [1.29, 1.82) is 0 Å². The maximum absolute atomic E-state index is 12.4. The fraction of sp³-hybridized carbons (Fsp3) is 0.316. The molecule has 1 fully saturated rings. The second-order valence-corrected chi connectivity index (χ2v) is 8.33. The Labute approximate surface area is 142 Å². The van der Waals surface area contributed by atoms with Crippen molar-refractivity contribution in [3.05, 3.63) is 65.2 Å². The fourth-order valence-corrected chi connectivity index (χ4v) is 4.68. The molecule has 124 valence electrons. The maximum atomic E-state index is 12.4. The summed E-state index contributed by atoms with van der Waals surface area (Å²) >= 11 is 0. The van der Waals surface area contributed by atoms with Crippen LogP contribution in [0.1, 0.15) is 47.8 Å². The number of hydrazone groups is 1. The van der Waals surface area contributed by atoms with Crippen molar-refractivity contribution in [3.8, 4) is 0 Å². The van der Waals surface area contributed by atoms with Crippen LogP contribution in [-0.4, -0.2) is 14.1 Å². The average molecular weight is 340 g/mol. The molecule has 0 heterocycles. The predicted molar refractivity (Wildman–Crippen MR) is 94.7 cm³/mol. The lowest BCUT2D eigenvalue weighted by Gasteiger charge is -2.39. The first kappa shape index (κ1) is 15.4. The zero-order chi connectivity index (χ0) is 16.7. The van der Waals surface area contributed by atoms with E-state index in [1.165, 1.54) is 11.1 Å². The summed E-state index contributed by atoms with van der Waals surface area (Å²) in [6, 6.07) is 15.3. The van der Waals surface area contributed by atoms with E-state index in [1.54, 1.807) is 24.3 Å². The highest BCUT2D eigenvalue weighted by molar-refractivity contribution is 7.89. The third-order valence-corrected chi connectivity index (χ3v) is 6.34. The molecule has 2 atom stereocenters. The van der Waals surface area contributed by atoms with Gasteiger partial charge in [-0.2, -0.15) is 13.5 Å². The van der Waals surface area contributed by atoms with Gasteiger partial charge in [0.1, 0.15) is 0 Å². The van der Waals surface area contributed by atoms with Crippen molar-refractivity contribution in [1.82, 2.24) is 4.83 Å². The summed E-state index contributed by atoms with van der Waals surface area (Å²) in [5, 5.41) is 4.31. The summed E-state index contributed by atoms with van der Waals surface area (Å²) in [5.41, 5.74) is 4.71. The van der Waals surface area contributed by atoms with Crippen LogP contribution in [0.4, 0.5) is 0 Å². The molecular weight excluding hydrogens is 320 g/mol. The van der Waals surface area contributed by atoms with Crippen LogP contribution in [-0.2, 0) is 10.0 Å². The van der Waals surface area contributed by atoms with Crippen molar-refractivity contribution in [2.45, 2.75) is 42.9 Å². The fourth-order valence-electron chi connectivity index (χ4n) is 3.84. The van der Waals surface area contributed by atoms with Crippen LogP contribution in [0, 0.1) is 6.92 Å². The van der Waals surface area contributed by atoms with Crippen LogP contribution >= 0.6 is 0 Å². The molecule has 1 N–H and O–H groups in total. The summed E-state index contributed by atoms with van der Waals surface area (Å²) in [6.45, 7) is 1.93. The van der Waals surface area contributed by atoms with Gasteiger partial charge in [-0.1, -0.05) is 42.0 Å². The molecule has 0 aliphatic heterocycles. The molecule has 1 saturated carbocycles. The first-order valence-corrected chi connectivity index (χ1v) is 9.76. The molecule has 24 heavy (non-hydrogen) atoms. The highest BCUT2D eigenvalue weighted by atomic mass is 32.2. The van der Waals surface area contributed by atoms with E-state index in [4.69, 9.17) is 0 Å². The number of rotatable bonds is 3. The molecular formula is C19H20N2O2S. The van der Waals surface area contributed by atoms with Crippen LogP contribution in [0.25, 0.3) is 0 Å². The predicted octanol–water partition coefficient (Wildman–Crippen LogP) is 3.69. The minimum absolute atomic E-state index is 0.243. The smallest absolute Gasteiger partial charge is 0.200 e. The minimum atomic E-state index is -3.61. The number of nitrogens with one attached hydrogen (secondary N) is 1. The van der Waals surface area contributed by atoms with Crippen molar-refractivity contribution in [2.75, 3.05) is 0 Å². The number of hydrogen-bond donors (Lipinski definition) is 1. The maximum Gasteiger partial charge on any atom is 0.276 e. The largest absolute Gasteiger partial charge is 0.276 e. The van der Waals surface area contributed by atoms with Gasteiger partial charge in [0, 0.05) is 11.6 Å². The van der Waals surface area contributed by atoms with E-state index in [2.05, 4.69) is 28.1 Å². The Morgan fingerprint density at radius 2 is 1.71 bits per heavy atom. The Morgan fingerprint density at radius 3 is 2.46 bits per heavy atom. The van der Waals surface area contributed by atoms with E-state index in [1.807, 2.05) is 13.0 Å². The van der Waals surface area contributed by atoms with Crippen LogP contribution in [0.15, 0.2) is 58.5 Å². The average Bonchev–Trinajstić information content (AvgIpc) is 2.61. The van der Waals surface area contributed by atoms with E-state index in [0.717, 1.165) is 30.5 Å². The van der Waals surface area contributed by atoms with E-state index >= 15 is 0 Å². The SMILES string of the molecule is Cc1ccc(S(=O)(=O)N/N=C2/C[C@@H]3CC[C@@H]2c2ccccc23)cc1. The molecule has 0 spiro atoms. The van der Waals surface area contributed by atoms with Crippen LogP contribution < -0.4 is 4.83 Å². The number of fused-ring (bicyclic) bond motifs is 2. The molecule has 5 rings (SSSR count). The van der Waals surface area contributed by atoms with Gasteiger partial charge in [-0.3, -0.25) is 0 Å². The number of hydrogen-bond acceptors (Lipinski definition) is 3. The number of aryl methyl sites for hydroxylation is 1. The standard InChI is InChI=1S/C19H20N2O2S/c1-13-6-9-15(10-7-13)24(22,23)21-20-19-12-14-8-11-18(19)17-5-3-2-4-16(14)17/h2-7,9-10,14,18,21H,8,11-12H2,1H3/b20-19-/t14-,18+/m0/s1. The molecule has 0 radical (unpaired) electrons. The first-order valence-electron chi connectivity index (χ1n) is 8.28. The van der Waals surface area contributed by atoms with Gasteiger partial charge in [0.25, 0.3) is 10.0 Å². The van der Waals surface area contributed by atoms with Gasteiger partial charge in [0.15, 0.2) is 0 Å². The van der Waals surface area contributed by atoms with Crippen molar-refractivity contribution < 1.29 is 8.42 Å². The number of nitrogens with zero attached hydrogens (tertiary/aromatic N) is 1. The molecule has 0 aromatic heterocycles. The van der Waals surface area contributed by atoms with Crippen molar-refractivity contribution in [2.24, 2.45) is 5.10 Å². The highest BCUT2D eigenvalue weighted by Crippen LogP contribution is 2.47. The Hall–Kier alpha value is -2.14. The Balaban J connectivity index is 1.60. The quantitative estimate of drug-likeness (QED) is 0.866. The summed E-state index contributed by atoms with van der Waals surface area (Å²) in [4.78, 5) is 2.69. The van der Waals surface area contributed by atoms with Crippen LogP contribution in [0.5, 0.6) is 0 Å². The molecule has 0 amide bonds. The van der Waals surface area contributed by atoms with Crippen LogP contribution in [0.3, 0.4) is 0 Å². The third-order valence-electron chi connectivity index (χ3n) is 5.11. The lowest BCUT2D eigenvalue weighted by molar-refractivity contribution is 0.496. The summed E-state index contributed by atoms with van der Waals surface area (Å²) < 4.78 is 24.8. The summed E-state index contributed by atoms with van der Waals surface area (Å²) in [7, 11) is -3.61. The van der Waals surface area contributed by atoms with Gasteiger partial charge in [0.2, 0.25) is 0 Å². The van der Waals surface area contributed by atoms with Crippen molar-refractivity contribution in [3.63, 3.8) is 0 Å². The molecule has 0 unspecified atom stereocenters. The Kier molecular flexibility index (Phi) is 3.68. The lowest BCUT2D eigenvalue weighted by Crippen LogP contribution is -2.32. The number of sulfonamides is 1. The normalized spacial score (nSPS) is 24.0. The Morgan fingerprint density at radius 1 is 1.00 bits per heavy atom. The van der Waals surface area contributed by atoms with Crippen LogP contribution in [0.2, 0.25) is 0 Å². The molecule has 5 heteroatoms. The monoisotopic (exact) mass is 340 g/mol. The lowest BCUT2D eigenvalue weighted by atomic mass is 9.66. The van der Waals surface area contributed by atoms with Gasteiger partial charge in [-0.25, -0.2) is 4.83 Å². The van der Waals surface area contributed by atoms with Gasteiger partial charge in [-0.05, 0) is 55.4 Å². The van der Waals surface area contributed by atoms with E-state index in [0.29, 0.717) is 5.92 Å². The van der Waals surface area contributed by atoms with Gasteiger partial charge in [-0.15, -0.1) is 0 Å². The summed E-state index contributed by atoms with van der Waals surface area (Å²) in [5.74, 6) is 0.709. The molecule has 4 nitrogen and oxygen atoms in total. The zero-order valence-electron chi connectivity index (χ0n) is 13.6. The molecule has 2 bridgehead atoms. The van der Waals surface area contributed by atoms with Gasteiger partial charge >= 0.3 is 0 Å². The molecule has 3 aliphatic rings. The first-order chi connectivity index (χ1) is 11.5. The molecule has 2 aromatic rings. The Bertz CT molecular complexity index is 901.